The van der Waals surface area contributed by atoms with Gasteiger partial charge >= 0.3 is 11.9 Å². The third kappa shape index (κ3) is 14.0. The lowest BCUT2D eigenvalue weighted by Crippen LogP contribution is -2.16. The number of carbonyl (C=O) groups excluding carboxylic acids is 2. The van der Waals surface area contributed by atoms with E-state index in [0.29, 0.717) is 6.42 Å². The number of hydrogen-bond acceptors (Lipinski definition) is 4. The topological polar surface area (TPSA) is 80.7 Å². The molecule has 0 aliphatic heterocycles. The molecule has 0 spiro atoms. The maximum absolute atomic E-state index is 11.6. The summed E-state index contributed by atoms with van der Waals surface area (Å²) in [7, 11) is 0. The molecule has 0 atom stereocenters. The summed E-state index contributed by atoms with van der Waals surface area (Å²) in [5.74, 6) is -2.09. The van der Waals surface area contributed by atoms with E-state index in [-0.39, 0.29) is 18.0 Å². The van der Waals surface area contributed by atoms with Gasteiger partial charge in [0.2, 0.25) is 0 Å². The molecule has 0 amide bonds. The van der Waals surface area contributed by atoms with Crippen LogP contribution in [-0.4, -0.2) is 29.4 Å². The van der Waals surface area contributed by atoms with E-state index in [1.807, 2.05) is 0 Å². The van der Waals surface area contributed by atoms with Crippen LogP contribution in [0.25, 0.3) is 0 Å². The molecule has 0 aliphatic carbocycles. The monoisotopic (exact) mass is 340 g/mol. The second-order valence-corrected chi connectivity index (χ2v) is 6.22. The zero-order chi connectivity index (χ0) is 18.2. The van der Waals surface area contributed by atoms with Crippen LogP contribution in [-0.2, 0) is 19.1 Å². The SMILES string of the molecule is C=C(CC(=O)O)C(=O)OCC(=O)CCCCCCCCCCCC. The first-order chi connectivity index (χ1) is 11.5. The summed E-state index contributed by atoms with van der Waals surface area (Å²) in [5, 5.41) is 8.53. The summed E-state index contributed by atoms with van der Waals surface area (Å²) >= 11 is 0. The highest BCUT2D eigenvalue weighted by atomic mass is 16.5. The van der Waals surface area contributed by atoms with Crippen LogP contribution in [0.5, 0.6) is 0 Å². The Labute approximate surface area is 145 Å². The highest BCUT2D eigenvalue weighted by molar-refractivity contribution is 5.94. The summed E-state index contributed by atoms with van der Waals surface area (Å²) < 4.78 is 4.76. The van der Waals surface area contributed by atoms with Gasteiger partial charge in [-0.3, -0.25) is 9.59 Å². The number of rotatable bonds is 16. The Hall–Kier alpha value is -1.65. The molecule has 138 valence electrons. The fraction of sp³-hybridized carbons (Fsp3) is 0.737. The molecule has 1 N–H and O–H groups in total. The van der Waals surface area contributed by atoms with Gasteiger partial charge in [0.05, 0.1) is 6.42 Å². The van der Waals surface area contributed by atoms with Crippen LogP contribution in [0.4, 0.5) is 0 Å². The van der Waals surface area contributed by atoms with Crippen LogP contribution in [0.15, 0.2) is 12.2 Å². The Kier molecular flexibility index (Phi) is 13.9. The fourth-order valence-electron chi connectivity index (χ4n) is 2.38. The minimum absolute atomic E-state index is 0.133. The molecule has 0 aromatic rings. The lowest BCUT2D eigenvalue weighted by Gasteiger charge is -2.05. The lowest BCUT2D eigenvalue weighted by molar-refractivity contribution is -0.145. The number of aliphatic carboxylic acids is 1. The van der Waals surface area contributed by atoms with Crippen molar-refractivity contribution in [3.05, 3.63) is 12.2 Å². The number of carboxylic acids is 1. The zero-order valence-corrected chi connectivity index (χ0v) is 15.0. The Balaban J connectivity index is 3.48. The van der Waals surface area contributed by atoms with E-state index in [4.69, 9.17) is 9.84 Å². The molecule has 0 bridgehead atoms. The average molecular weight is 340 g/mol. The largest absolute Gasteiger partial charge is 0.481 e. The normalized spacial score (nSPS) is 10.4. The van der Waals surface area contributed by atoms with E-state index in [9.17, 15) is 14.4 Å². The molecule has 0 aromatic heterocycles. The van der Waals surface area contributed by atoms with Gasteiger partial charge in [-0.25, -0.2) is 4.79 Å². The maximum atomic E-state index is 11.6. The molecule has 0 saturated heterocycles. The third-order valence-corrected chi connectivity index (χ3v) is 3.83. The highest BCUT2D eigenvalue weighted by Gasteiger charge is 2.13. The zero-order valence-electron chi connectivity index (χ0n) is 15.0. The first-order valence-electron chi connectivity index (χ1n) is 9.05. The second-order valence-electron chi connectivity index (χ2n) is 6.22. The predicted molar refractivity (Wildman–Crippen MR) is 93.8 cm³/mol. The molecular formula is C19H32O5. The number of unbranched alkanes of at least 4 members (excludes halogenated alkanes) is 9. The van der Waals surface area contributed by atoms with Gasteiger partial charge in [-0.1, -0.05) is 71.3 Å². The van der Waals surface area contributed by atoms with Gasteiger partial charge in [0.15, 0.2) is 5.78 Å². The van der Waals surface area contributed by atoms with Gasteiger partial charge in [0.1, 0.15) is 6.61 Å². The van der Waals surface area contributed by atoms with Gasteiger partial charge in [-0.05, 0) is 6.42 Å². The van der Waals surface area contributed by atoms with Crippen molar-refractivity contribution in [3.8, 4) is 0 Å². The molecule has 24 heavy (non-hydrogen) atoms. The van der Waals surface area contributed by atoms with Crippen molar-refractivity contribution in [3.63, 3.8) is 0 Å². The first-order valence-corrected chi connectivity index (χ1v) is 9.05. The quantitative estimate of drug-likeness (QED) is 0.255. The van der Waals surface area contributed by atoms with Gasteiger partial charge in [-0.15, -0.1) is 0 Å². The Bertz CT molecular complexity index is 401. The summed E-state index contributed by atoms with van der Waals surface area (Å²) in [5.41, 5.74) is -0.144. The highest BCUT2D eigenvalue weighted by Crippen LogP contribution is 2.11. The van der Waals surface area contributed by atoms with Gasteiger partial charge in [-0.2, -0.15) is 0 Å². The van der Waals surface area contributed by atoms with Crippen molar-refractivity contribution in [1.29, 1.82) is 0 Å². The van der Waals surface area contributed by atoms with Gasteiger partial charge < -0.3 is 9.84 Å². The summed E-state index contributed by atoms with van der Waals surface area (Å²) in [6.07, 6.45) is 11.9. The number of carboxylic acid groups (broad SMARTS) is 1. The Morgan fingerprint density at radius 2 is 1.38 bits per heavy atom. The summed E-state index contributed by atoms with van der Waals surface area (Å²) in [4.78, 5) is 33.4. The standard InChI is InChI=1S/C19H32O5/c1-3-4-5-6-7-8-9-10-11-12-13-17(20)15-24-19(23)16(2)14-18(21)22/h2-15H2,1H3,(H,21,22). The number of ketones is 1. The van der Waals surface area contributed by atoms with Crippen LogP contribution < -0.4 is 0 Å². The van der Waals surface area contributed by atoms with Crippen molar-refractivity contribution in [2.45, 2.75) is 84.0 Å². The minimum atomic E-state index is -1.14. The molecule has 0 saturated carbocycles. The molecule has 0 aliphatic rings. The predicted octanol–water partition coefficient (Wildman–Crippen LogP) is 4.44. The van der Waals surface area contributed by atoms with E-state index in [2.05, 4.69) is 13.5 Å². The molecule has 0 fully saturated rings. The molecule has 5 heteroatoms. The fourth-order valence-corrected chi connectivity index (χ4v) is 2.38. The summed E-state index contributed by atoms with van der Waals surface area (Å²) in [6.45, 7) is 5.25. The van der Waals surface area contributed by atoms with E-state index < -0.39 is 18.4 Å². The van der Waals surface area contributed by atoms with Crippen LogP contribution in [0.2, 0.25) is 0 Å². The average Bonchev–Trinajstić information content (AvgIpc) is 2.53. The summed E-state index contributed by atoms with van der Waals surface area (Å²) in [6, 6.07) is 0. The third-order valence-electron chi connectivity index (χ3n) is 3.83. The van der Waals surface area contributed by atoms with E-state index in [1.54, 1.807) is 0 Å². The van der Waals surface area contributed by atoms with E-state index >= 15 is 0 Å². The van der Waals surface area contributed by atoms with Crippen molar-refractivity contribution in [2.24, 2.45) is 0 Å². The van der Waals surface area contributed by atoms with E-state index in [0.717, 1.165) is 19.3 Å². The van der Waals surface area contributed by atoms with Crippen molar-refractivity contribution in [2.75, 3.05) is 6.61 Å². The van der Waals surface area contributed by atoms with Crippen molar-refractivity contribution >= 4 is 17.7 Å². The molecule has 5 nitrogen and oxygen atoms in total. The first kappa shape index (κ1) is 22.4. The lowest BCUT2D eigenvalue weighted by atomic mass is 10.1. The second kappa shape index (κ2) is 14.9. The minimum Gasteiger partial charge on any atom is -0.481 e. The smallest absolute Gasteiger partial charge is 0.334 e. The number of esters is 1. The molecular weight excluding hydrogens is 308 g/mol. The van der Waals surface area contributed by atoms with Gasteiger partial charge in [0, 0.05) is 12.0 Å². The van der Waals surface area contributed by atoms with Crippen LogP contribution in [0, 0.1) is 0 Å². The molecule has 0 aromatic carbocycles. The van der Waals surface area contributed by atoms with Crippen LogP contribution in [0.1, 0.15) is 84.0 Å². The van der Waals surface area contributed by atoms with E-state index in [1.165, 1.54) is 44.9 Å². The Morgan fingerprint density at radius 3 is 1.88 bits per heavy atom. The number of ether oxygens (including phenoxy) is 1. The Morgan fingerprint density at radius 1 is 0.875 bits per heavy atom. The molecule has 0 unspecified atom stereocenters. The number of carbonyl (C=O) groups is 3. The molecule has 0 rings (SSSR count). The van der Waals surface area contributed by atoms with Gasteiger partial charge in [0.25, 0.3) is 0 Å². The number of hydrogen-bond donors (Lipinski definition) is 1. The van der Waals surface area contributed by atoms with Crippen LogP contribution >= 0.6 is 0 Å². The maximum Gasteiger partial charge on any atom is 0.334 e. The van der Waals surface area contributed by atoms with Crippen molar-refractivity contribution in [1.82, 2.24) is 0 Å². The molecule has 0 heterocycles. The van der Waals surface area contributed by atoms with Crippen molar-refractivity contribution < 1.29 is 24.2 Å². The van der Waals surface area contributed by atoms with Crippen LogP contribution in [0.3, 0.4) is 0 Å². The molecule has 0 radical (unpaired) electrons. The number of Topliss-reactive ketones (excluding diaryl/α,β-unsaturated/α-hetero) is 1.